The molecule has 0 fully saturated rings. The number of hydrogen-bond donors (Lipinski definition) is 2. The largest absolute Gasteiger partial charge is 0.508 e. The molecule has 84 valence electrons. The van der Waals surface area contributed by atoms with Crippen molar-refractivity contribution < 1.29 is 10.2 Å². The lowest BCUT2D eigenvalue weighted by Gasteiger charge is -2.34. The van der Waals surface area contributed by atoms with Gasteiger partial charge < -0.3 is 10.2 Å². The van der Waals surface area contributed by atoms with Gasteiger partial charge in [0.25, 0.3) is 0 Å². The minimum atomic E-state index is -0.276. The van der Waals surface area contributed by atoms with Gasteiger partial charge in [-0.05, 0) is 27.0 Å². The van der Waals surface area contributed by atoms with Crippen LogP contribution in [0.2, 0.25) is 0 Å². The monoisotopic (exact) mass is 209 g/mol. The predicted octanol–water partition coefficient (Wildman–Crippen LogP) is 1.59. The maximum atomic E-state index is 9.61. The van der Waals surface area contributed by atoms with Crippen LogP contribution < -0.4 is 0 Å². The summed E-state index contributed by atoms with van der Waals surface area (Å²) in [6.07, 6.45) is 0. The molecule has 3 heteroatoms. The molecule has 0 aliphatic rings. The van der Waals surface area contributed by atoms with E-state index < -0.39 is 0 Å². The molecule has 0 aliphatic carbocycles. The van der Waals surface area contributed by atoms with Crippen LogP contribution in [-0.4, -0.2) is 34.3 Å². The minimum absolute atomic E-state index is 0.0943. The Balaban J connectivity index is 2.75. The average molecular weight is 209 g/mol. The molecule has 1 aromatic rings. The van der Waals surface area contributed by atoms with E-state index in [2.05, 4.69) is 0 Å². The third-order valence-electron chi connectivity index (χ3n) is 2.82. The molecule has 0 spiro atoms. The first-order valence-electron chi connectivity index (χ1n) is 5.06. The number of phenols is 1. The summed E-state index contributed by atoms with van der Waals surface area (Å²) < 4.78 is 0. The Hall–Kier alpha value is -1.06. The zero-order valence-electron chi connectivity index (χ0n) is 9.57. The fourth-order valence-electron chi connectivity index (χ4n) is 1.23. The molecule has 0 aliphatic heterocycles. The molecule has 0 aromatic heterocycles. The molecular weight excluding hydrogens is 190 g/mol. The van der Waals surface area contributed by atoms with Crippen LogP contribution in [0.25, 0.3) is 0 Å². The van der Waals surface area contributed by atoms with E-state index in [1.807, 2.05) is 37.9 Å². The lowest BCUT2D eigenvalue weighted by atomic mass is 10.0. The van der Waals surface area contributed by atoms with E-state index in [1.54, 1.807) is 12.1 Å². The van der Waals surface area contributed by atoms with Crippen LogP contribution >= 0.6 is 0 Å². The summed E-state index contributed by atoms with van der Waals surface area (Å²) in [5, 5.41) is 18.8. The van der Waals surface area contributed by atoms with Gasteiger partial charge >= 0.3 is 0 Å². The van der Waals surface area contributed by atoms with Crippen molar-refractivity contribution in [1.29, 1.82) is 0 Å². The minimum Gasteiger partial charge on any atom is -0.508 e. The highest BCUT2D eigenvalue weighted by Crippen LogP contribution is 2.21. The molecule has 15 heavy (non-hydrogen) atoms. The molecule has 1 rings (SSSR count). The maximum absolute atomic E-state index is 9.61. The van der Waals surface area contributed by atoms with Gasteiger partial charge in [-0.15, -0.1) is 0 Å². The molecule has 0 saturated heterocycles. The number of rotatable bonds is 4. The maximum Gasteiger partial charge on any atom is 0.120 e. The third kappa shape index (κ3) is 2.94. The van der Waals surface area contributed by atoms with Crippen LogP contribution in [-0.2, 0) is 6.54 Å². The van der Waals surface area contributed by atoms with Crippen molar-refractivity contribution >= 4 is 0 Å². The van der Waals surface area contributed by atoms with Gasteiger partial charge in [-0.1, -0.05) is 18.2 Å². The summed E-state index contributed by atoms with van der Waals surface area (Å²) in [7, 11) is 1.93. The highest BCUT2D eigenvalue weighted by molar-refractivity contribution is 5.31. The SMILES string of the molecule is CN(Cc1ccccc1O)C(C)(C)CO. The van der Waals surface area contributed by atoms with E-state index in [4.69, 9.17) is 0 Å². The Labute approximate surface area is 91.0 Å². The Bertz CT molecular complexity index is 323. The number of para-hydroxylation sites is 1. The van der Waals surface area contributed by atoms with Crippen molar-refractivity contribution in [1.82, 2.24) is 4.90 Å². The predicted molar refractivity (Wildman–Crippen MR) is 60.7 cm³/mol. The van der Waals surface area contributed by atoms with Gasteiger partial charge in [-0.3, -0.25) is 4.90 Å². The van der Waals surface area contributed by atoms with E-state index in [0.717, 1.165) is 5.56 Å². The zero-order valence-corrected chi connectivity index (χ0v) is 9.57. The molecule has 0 bridgehead atoms. The van der Waals surface area contributed by atoms with Crippen LogP contribution in [0.5, 0.6) is 5.75 Å². The molecular formula is C12H19NO2. The number of likely N-dealkylation sites (N-methyl/N-ethyl adjacent to an activating group) is 1. The number of hydrogen-bond acceptors (Lipinski definition) is 3. The summed E-state index contributed by atoms with van der Waals surface area (Å²) in [4.78, 5) is 2.02. The standard InChI is InChI=1S/C12H19NO2/c1-12(2,9-14)13(3)8-10-6-4-5-7-11(10)15/h4-7,14-15H,8-9H2,1-3H3. The number of phenolic OH excluding ortho intramolecular Hbond substituents is 1. The smallest absolute Gasteiger partial charge is 0.120 e. The summed E-state index contributed by atoms with van der Waals surface area (Å²) in [6, 6.07) is 7.26. The van der Waals surface area contributed by atoms with Gasteiger partial charge in [-0.25, -0.2) is 0 Å². The number of nitrogens with zero attached hydrogens (tertiary/aromatic N) is 1. The quantitative estimate of drug-likeness (QED) is 0.791. The number of benzene rings is 1. The van der Waals surface area contributed by atoms with Crippen LogP contribution in [0.4, 0.5) is 0 Å². The third-order valence-corrected chi connectivity index (χ3v) is 2.82. The summed E-state index contributed by atoms with van der Waals surface area (Å²) >= 11 is 0. The van der Waals surface area contributed by atoms with Gasteiger partial charge in [-0.2, -0.15) is 0 Å². The van der Waals surface area contributed by atoms with Gasteiger partial charge in [0.15, 0.2) is 0 Å². The summed E-state index contributed by atoms with van der Waals surface area (Å²) in [5.41, 5.74) is 0.601. The van der Waals surface area contributed by atoms with Gasteiger partial charge in [0, 0.05) is 17.6 Å². The normalized spacial score (nSPS) is 12.1. The second-order valence-corrected chi connectivity index (χ2v) is 4.46. The average Bonchev–Trinajstić information content (AvgIpc) is 2.21. The second-order valence-electron chi connectivity index (χ2n) is 4.46. The number of aliphatic hydroxyl groups excluding tert-OH is 1. The number of aliphatic hydroxyl groups is 1. The van der Waals surface area contributed by atoms with Crippen LogP contribution in [0.1, 0.15) is 19.4 Å². The highest BCUT2D eigenvalue weighted by Gasteiger charge is 2.22. The molecule has 1 aromatic carbocycles. The van der Waals surface area contributed by atoms with Crippen molar-refractivity contribution in [3.63, 3.8) is 0 Å². The Morgan fingerprint density at radius 2 is 1.87 bits per heavy atom. The number of aromatic hydroxyl groups is 1. The lowest BCUT2D eigenvalue weighted by Crippen LogP contribution is -2.43. The molecule has 0 heterocycles. The molecule has 3 nitrogen and oxygen atoms in total. The van der Waals surface area contributed by atoms with Crippen molar-refractivity contribution in [2.75, 3.05) is 13.7 Å². The molecule has 0 amide bonds. The van der Waals surface area contributed by atoms with E-state index in [0.29, 0.717) is 12.3 Å². The first-order valence-corrected chi connectivity index (χ1v) is 5.06. The van der Waals surface area contributed by atoms with Crippen LogP contribution in [0, 0.1) is 0 Å². The van der Waals surface area contributed by atoms with E-state index in [9.17, 15) is 10.2 Å². The zero-order chi connectivity index (χ0) is 11.5. The second kappa shape index (κ2) is 4.64. The summed E-state index contributed by atoms with van der Waals surface area (Å²) in [5.74, 6) is 0.304. The van der Waals surface area contributed by atoms with E-state index in [-0.39, 0.29) is 12.1 Å². The topological polar surface area (TPSA) is 43.7 Å². The Kier molecular flexibility index (Phi) is 3.72. The first-order chi connectivity index (χ1) is 6.97. The van der Waals surface area contributed by atoms with Crippen molar-refractivity contribution in [3.8, 4) is 5.75 Å². The molecule has 0 unspecified atom stereocenters. The fraction of sp³-hybridized carbons (Fsp3) is 0.500. The van der Waals surface area contributed by atoms with E-state index in [1.165, 1.54) is 0 Å². The van der Waals surface area contributed by atoms with Crippen molar-refractivity contribution in [3.05, 3.63) is 29.8 Å². The Morgan fingerprint density at radius 3 is 2.40 bits per heavy atom. The molecule has 2 N–H and O–H groups in total. The molecule has 0 radical (unpaired) electrons. The first kappa shape index (κ1) is 12.0. The van der Waals surface area contributed by atoms with Crippen LogP contribution in [0.15, 0.2) is 24.3 Å². The molecule has 0 atom stereocenters. The van der Waals surface area contributed by atoms with Gasteiger partial charge in [0.1, 0.15) is 5.75 Å². The van der Waals surface area contributed by atoms with Crippen molar-refractivity contribution in [2.24, 2.45) is 0 Å². The fourth-order valence-corrected chi connectivity index (χ4v) is 1.23. The van der Waals surface area contributed by atoms with Gasteiger partial charge in [0.05, 0.1) is 6.61 Å². The Morgan fingerprint density at radius 1 is 1.27 bits per heavy atom. The van der Waals surface area contributed by atoms with Crippen molar-refractivity contribution in [2.45, 2.75) is 25.9 Å². The lowest BCUT2D eigenvalue weighted by molar-refractivity contribution is 0.0728. The van der Waals surface area contributed by atoms with Gasteiger partial charge in [0.2, 0.25) is 0 Å². The van der Waals surface area contributed by atoms with Crippen LogP contribution in [0.3, 0.4) is 0 Å². The summed E-state index contributed by atoms with van der Waals surface area (Å²) in [6.45, 7) is 4.65. The molecule has 0 saturated carbocycles. The van der Waals surface area contributed by atoms with E-state index >= 15 is 0 Å². The highest BCUT2D eigenvalue weighted by atomic mass is 16.3.